The average Bonchev–Trinajstić information content (AvgIpc) is 2.62. The Morgan fingerprint density at radius 3 is 1.92 bits per heavy atom. The van der Waals surface area contributed by atoms with Gasteiger partial charge >= 0.3 is 0 Å². The first-order valence-electron chi connectivity index (χ1n) is 10.1. The third-order valence-electron chi connectivity index (χ3n) is 6.72. The zero-order valence-electron chi connectivity index (χ0n) is 15.3. The Labute approximate surface area is 150 Å². The molecule has 2 aliphatic carbocycles. The van der Waals surface area contributed by atoms with E-state index in [0.717, 1.165) is 36.2 Å². The monoisotopic (exact) mass is 348 g/mol. The highest BCUT2D eigenvalue weighted by atomic mass is 19.1. The van der Waals surface area contributed by atoms with Crippen molar-refractivity contribution in [3.05, 3.63) is 34.9 Å². The molecule has 1 aromatic carbocycles. The van der Waals surface area contributed by atoms with E-state index >= 15 is 0 Å². The van der Waals surface area contributed by atoms with E-state index < -0.39 is 17.2 Å². The second kappa shape index (κ2) is 8.42. The first-order valence-corrected chi connectivity index (χ1v) is 10.1. The van der Waals surface area contributed by atoms with Crippen LogP contribution in [-0.2, 0) is 0 Å². The quantitative estimate of drug-likeness (QED) is 0.544. The van der Waals surface area contributed by atoms with Crippen LogP contribution in [0.5, 0.6) is 0 Å². The van der Waals surface area contributed by atoms with E-state index in [-0.39, 0.29) is 12.2 Å². The van der Waals surface area contributed by atoms with Crippen molar-refractivity contribution >= 4 is 6.29 Å². The lowest BCUT2D eigenvalue weighted by atomic mass is 9.68. The van der Waals surface area contributed by atoms with Gasteiger partial charge in [-0.15, -0.1) is 0 Å². The van der Waals surface area contributed by atoms with E-state index in [4.69, 9.17) is 0 Å². The predicted molar refractivity (Wildman–Crippen MR) is 96.8 cm³/mol. The third-order valence-corrected chi connectivity index (χ3v) is 6.72. The largest absolute Gasteiger partial charge is 0.298 e. The lowest BCUT2D eigenvalue weighted by molar-refractivity contribution is 0.111. The number of benzene rings is 1. The van der Waals surface area contributed by atoms with Crippen LogP contribution >= 0.6 is 0 Å². The van der Waals surface area contributed by atoms with Gasteiger partial charge in [-0.1, -0.05) is 32.6 Å². The molecule has 2 aliphatic rings. The molecule has 0 N–H and O–H groups in total. The summed E-state index contributed by atoms with van der Waals surface area (Å²) in [5.74, 6) is 1.39. The summed E-state index contributed by atoms with van der Waals surface area (Å²) in [6, 6.07) is 2.74. The minimum Gasteiger partial charge on any atom is -0.298 e. The molecule has 0 spiro atoms. The maximum atomic E-state index is 13.9. The molecule has 25 heavy (non-hydrogen) atoms. The van der Waals surface area contributed by atoms with Crippen LogP contribution in [0.1, 0.15) is 93.0 Å². The van der Waals surface area contributed by atoms with Crippen molar-refractivity contribution in [3.8, 4) is 0 Å². The van der Waals surface area contributed by atoms with Gasteiger partial charge in [-0.3, -0.25) is 4.79 Å². The molecule has 0 atom stereocenters. The first-order chi connectivity index (χ1) is 12.1. The van der Waals surface area contributed by atoms with Gasteiger partial charge in [0.25, 0.3) is 0 Å². The van der Waals surface area contributed by atoms with Crippen molar-refractivity contribution in [2.75, 3.05) is 0 Å². The second-order valence-corrected chi connectivity index (χ2v) is 8.20. The molecule has 3 heteroatoms. The van der Waals surface area contributed by atoms with Gasteiger partial charge in [0.2, 0.25) is 0 Å². The Morgan fingerprint density at radius 2 is 1.44 bits per heavy atom. The predicted octanol–water partition coefficient (Wildman–Crippen LogP) is 6.66. The summed E-state index contributed by atoms with van der Waals surface area (Å²) in [5.41, 5.74) is 0.284. The van der Waals surface area contributed by atoms with Gasteiger partial charge in [0, 0.05) is 0 Å². The van der Waals surface area contributed by atoms with Gasteiger partial charge in [-0.2, -0.15) is 0 Å². The SMILES string of the molecule is CCC[C@H]1CC[C@H](C2CCC(c3cc(F)c(C=O)c(F)c3)CC2)CC1. The Bertz CT molecular complexity index is 559. The topological polar surface area (TPSA) is 17.1 Å². The highest BCUT2D eigenvalue weighted by molar-refractivity contribution is 5.75. The molecule has 0 unspecified atom stereocenters. The van der Waals surface area contributed by atoms with Gasteiger partial charge in [0.1, 0.15) is 11.6 Å². The normalized spacial score (nSPS) is 30.2. The molecule has 2 saturated carbocycles. The van der Waals surface area contributed by atoms with Crippen molar-refractivity contribution in [2.24, 2.45) is 17.8 Å². The number of hydrogen-bond acceptors (Lipinski definition) is 1. The van der Waals surface area contributed by atoms with Gasteiger partial charge in [-0.05, 0) is 79.9 Å². The number of halogens is 2. The van der Waals surface area contributed by atoms with Crippen molar-refractivity contribution in [2.45, 2.75) is 77.0 Å². The van der Waals surface area contributed by atoms with Crippen LogP contribution in [-0.4, -0.2) is 6.29 Å². The van der Waals surface area contributed by atoms with Crippen LogP contribution in [0.25, 0.3) is 0 Å². The van der Waals surface area contributed by atoms with Gasteiger partial charge < -0.3 is 0 Å². The standard InChI is InChI=1S/C22H30F2O/c1-2-3-15-4-6-16(7-5-15)17-8-10-18(11-9-17)19-12-21(23)20(14-25)22(24)13-19/h12-18H,2-11H2,1H3/t15-,16-,17?,18?. The lowest BCUT2D eigenvalue weighted by Gasteiger charge is -2.38. The minimum atomic E-state index is -0.721. The van der Waals surface area contributed by atoms with Crippen molar-refractivity contribution in [1.29, 1.82) is 0 Å². The summed E-state index contributed by atoms with van der Waals surface area (Å²) in [4.78, 5) is 10.7. The molecule has 0 aliphatic heterocycles. The average molecular weight is 348 g/mol. The van der Waals surface area contributed by atoms with E-state index in [1.165, 1.54) is 63.5 Å². The summed E-state index contributed by atoms with van der Waals surface area (Å²) in [6.07, 6.45) is 12.8. The van der Waals surface area contributed by atoms with E-state index in [0.29, 0.717) is 0 Å². The van der Waals surface area contributed by atoms with E-state index in [9.17, 15) is 13.6 Å². The number of hydrogen-bond donors (Lipinski definition) is 0. The molecule has 0 saturated heterocycles. The summed E-state index contributed by atoms with van der Waals surface area (Å²) < 4.78 is 27.7. The van der Waals surface area contributed by atoms with Gasteiger partial charge in [0.15, 0.2) is 6.29 Å². The number of carbonyl (C=O) groups is 1. The molecule has 0 heterocycles. The zero-order valence-corrected chi connectivity index (χ0v) is 15.3. The third kappa shape index (κ3) is 4.30. The van der Waals surface area contributed by atoms with Crippen LogP contribution in [0, 0.1) is 29.4 Å². The molecule has 0 radical (unpaired) electrons. The van der Waals surface area contributed by atoms with Gasteiger partial charge in [0.05, 0.1) is 5.56 Å². The Morgan fingerprint density at radius 1 is 0.920 bits per heavy atom. The van der Waals surface area contributed by atoms with E-state index in [1.807, 2.05) is 0 Å². The lowest BCUT2D eigenvalue weighted by Crippen LogP contribution is -2.25. The molecule has 2 fully saturated rings. The van der Waals surface area contributed by atoms with Crippen LogP contribution < -0.4 is 0 Å². The first kappa shape index (κ1) is 18.5. The Kier molecular flexibility index (Phi) is 6.24. The molecule has 1 aromatic rings. The summed E-state index contributed by atoms with van der Waals surface area (Å²) in [6.45, 7) is 2.28. The van der Waals surface area contributed by atoms with Crippen LogP contribution in [0.2, 0.25) is 0 Å². The molecular weight excluding hydrogens is 318 g/mol. The summed E-state index contributed by atoms with van der Waals surface area (Å²) in [5, 5.41) is 0. The minimum absolute atomic E-state index is 0.234. The molecule has 0 bridgehead atoms. The van der Waals surface area contributed by atoms with E-state index in [1.54, 1.807) is 0 Å². The molecule has 138 valence electrons. The highest BCUT2D eigenvalue weighted by Crippen LogP contribution is 2.44. The van der Waals surface area contributed by atoms with Gasteiger partial charge in [-0.25, -0.2) is 8.78 Å². The highest BCUT2D eigenvalue weighted by Gasteiger charge is 2.31. The summed E-state index contributed by atoms with van der Waals surface area (Å²) >= 11 is 0. The van der Waals surface area contributed by atoms with E-state index in [2.05, 4.69) is 6.92 Å². The Balaban J connectivity index is 1.55. The Hall–Kier alpha value is -1.25. The van der Waals surface area contributed by atoms with Crippen molar-refractivity contribution in [3.63, 3.8) is 0 Å². The number of aldehydes is 1. The molecule has 3 rings (SSSR count). The fourth-order valence-corrected chi connectivity index (χ4v) is 5.23. The molecular formula is C22H30F2O. The van der Waals surface area contributed by atoms with Crippen LogP contribution in [0.15, 0.2) is 12.1 Å². The second-order valence-electron chi connectivity index (χ2n) is 8.20. The molecule has 0 aromatic heterocycles. The summed E-state index contributed by atoms with van der Waals surface area (Å²) in [7, 11) is 0. The van der Waals surface area contributed by atoms with Crippen LogP contribution in [0.3, 0.4) is 0 Å². The smallest absolute Gasteiger partial charge is 0.155 e. The number of rotatable bonds is 5. The zero-order chi connectivity index (χ0) is 17.8. The fraction of sp³-hybridized carbons (Fsp3) is 0.682. The molecule has 1 nitrogen and oxygen atoms in total. The maximum Gasteiger partial charge on any atom is 0.155 e. The fourth-order valence-electron chi connectivity index (χ4n) is 5.23. The number of carbonyl (C=O) groups excluding carboxylic acids is 1. The molecule has 0 amide bonds. The maximum absolute atomic E-state index is 13.9. The van der Waals surface area contributed by atoms with Crippen molar-refractivity contribution in [1.82, 2.24) is 0 Å². The van der Waals surface area contributed by atoms with Crippen molar-refractivity contribution < 1.29 is 13.6 Å². The van der Waals surface area contributed by atoms with Crippen LogP contribution in [0.4, 0.5) is 8.78 Å².